The van der Waals surface area contributed by atoms with Gasteiger partial charge in [0.15, 0.2) is 5.78 Å². The van der Waals surface area contributed by atoms with E-state index < -0.39 is 6.10 Å². The second-order valence-corrected chi connectivity index (χ2v) is 6.05. The first-order valence-electron chi connectivity index (χ1n) is 8.36. The number of ketones is 1. The summed E-state index contributed by atoms with van der Waals surface area (Å²) in [6, 6.07) is 15.9. The van der Waals surface area contributed by atoms with Gasteiger partial charge in [0, 0.05) is 30.4 Å². The maximum atomic E-state index is 11.9. The van der Waals surface area contributed by atoms with Crippen LogP contribution < -0.4 is 9.47 Å². The van der Waals surface area contributed by atoms with Gasteiger partial charge in [-0.3, -0.25) is 9.78 Å². The van der Waals surface area contributed by atoms with Crippen molar-refractivity contribution in [1.29, 1.82) is 0 Å². The predicted octanol–water partition coefficient (Wildman–Crippen LogP) is 3.92. The van der Waals surface area contributed by atoms with Gasteiger partial charge in [-0.15, -0.1) is 0 Å². The lowest BCUT2D eigenvalue weighted by Crippen LogP contribution is -2.15. The van der Waals surface area contributed by atoms with E-state index in [0.717, 1.165) is 11.1 Å². The fourth-order valence-corrected chi connectivity index (χ4v) is 3.00. The average molecular weight is 347 g/mol. The molecule has 1 aromatic heterocycles. The van der Waals surface area contributed by atoms with E-state index in [9.17, 15) is 9.90 Å². The first-order chi connectivity index (χ1) is 12.7. The van der Waals surface area contributed by atoms with Gasteiger partial charge in [0.05, 0.1) is 12.2 Å². The van der Waals surface area contributed by atoms with Crippen LogP contribution in [0.15, 0.2) is 67.0 Å². The molecule has 130 valence electrons. The zero-order chi connectivity index (χ0) is 17.9. The minimum Gasteiger partial charge on any atom is -0.508 e. The number of hydrogen-bond acceptors (Lipinski definition) is 5. The minimum absolute atomic E-state index is 0.0801. The predicted molar refractivity (Wildman–Crippen MR) is 95.7 cm³/mol. The third-order valence-electron chi connectivity index (χ3n) is 4.28. The van der Waals surface area contributed by atoms with Gasteiger partial charge in [-0.25, -0.2) is 0 Å². The molecular weight excluding hydrogens is 330 g/mol. The highest BCUT2D eigenvalue weighted by molar-refractivity contribution is 5.99. The van der Waals surface area contributed by atoms with E-state index in [-0.39, 0.29) is 11.5 Å². The number of rotatable bonds is 4. The lowest BCUT2D eigenvalue weighted by atomic mass is 10.0. The van der Waals surface area contributed by atoms with Crippen LogP contribution in [0.3, 0.4) is 0 Å². The third-order valence-corrected chi connectivity index (χ3v) is 4.28. The lowest BCUT2D eigenvalue weighted by Gasteiger charge is -2.22. The standard InChI is InChI=1S/C21H17NO4/c23-16-3-1-2-15(12-16)21(14-6-9-22-10-7-14)26-17-4-5-18-19(24)8-11-25-20(18)13-17/h1-7,9-10,12-13,21,23H,8,11H2. The molecule has 0 fully saturated rings. The van der Waals surface area contributed by atoms with Gasteiger partial charge in [-0.1, -0.05) is 12.1 Å². The molecular formula is C21H17NO4. The largest absolute Gasteiger partial charge is 0.508 e. The van der Waals surface area contributed by atoms with Gasteiger partial charge < -0.3 is 14.6 Å². The highest BCUT2D eigenvalue weighted by atomic mass is 16.5. The van der Waals surface area contributed by atoms with Crippen molar-refractivity contribution < 1.29 is 19.4 Å². The summed E-state index contributed by atoms with van der Waals surface area (Å²) in [4.78, 5) is 16.0. The number of nitrogens with zero attached hydrogens (tertiary/aromatic N) is 1. The summed E-state index contributed by atoms with van der Waals surface area (Å²) in [5.74, 6) is 1.38. The molecule has 2 heterocycles. The molecule has 4 rings (SSSR count). The van der Waals surface area contributed by atoms with Crippen LogP contribution in [0.25, 0.3) is 0 Å². The highest BCUT2D eigenvalue weighted by Gasteiger charge is 2.21. The molecule has 1 N–H and O–H groups in total. The molecule has 0 radical (unpaired) electrons. The van der Waals surface area contributed by atoms with Crippen LogP contribution in [0.1, 0.15) is 34.0 Å². The number of ether oxygens (including phenoxy) is 2. The van der Waals surface area contributed by atoms with Crippen LogP contribution in [-0.2, 0) is 0 Å². The highest BCUT2D eigenvalue weighted by Crippen LogP contribution is 2.34. The quantitative estimate of drug-likeness (QED) is 0.775. The van der Waals surface area contributed by atoms with Crippen molar-refractivity contribution in [2.75, 3.05) is 6.61 Å². The molecule has 5 heteroatoms. The smallest absolute Gasteiger partial charge is 0.169 e. The molecule has 0 aliphatic carbocycles. The summed E-state index contributed by atoms with van der Waals surface area (Å²) in [6.07, 6.45) is 3.37. The number of carbonyl (C=O) groups excluding carboxylic acids is 1. The van der Waals surface area contributed by atoms with E-state index in [2.05, 4.69) is 4.98 Å². The summed E-state index contributed by atoms with van der Waals surface area (Å²) >= 11 is 0. The van der Waals surface area contributed by atoms with Crippen molar-refractivity contribution in [2.24, 2.45) is 0 Å². The maximum Gasteiger partial charge on any atom is 0.169 e. The van der Waals surface area contributed by atoms with Crippen LogP contribution in [0, 0.1) is 0 Å². The van der Waals surface area contributed by atoms with Crippen molar-refractivity contribution in [3.63, 3.8) is 0 Å². The second kappa shape index (κ2) is 6.88. The fourth-order valence-electron chi connectivity index (χ4n) is 3.00. The second-order valence-electron chi connectivity index (χ2n) is 6.05. The average Bonchev–Trinajstić information content (AvgIpc) is 2.67. The summed E-state index contributed by atoms with van der Waals surface area (Å²) in [6.45, 7) is 0.385. The van der Waals surface area contributed by atoms with E-state index in [1.165, 1.54) is 0 Å². The maximum absolute atomic E-state index is 11.9. The number of hydrogen-bond donors (Lipinski definition) is 1. The zero-order valence-electron chi connectivity index (χ0n) is 14.0. The number of phenols is 1. The van der Waals surface area contributed by atoms with Gasteiger partial charge >= 0.3 is 0 Å². The monoisotopic (exact) mass is 347 g/mol. The van der Waals surface area contributed by atoms with E-state index in [0.29, 0.717) is 30.1 Å². The summed E-state index contributed by atoms with van der Waals surface area (Å²) < 4.78 is 11.8. The Balaban J connectivity index is 1.70. The molecule has 0 saturated heterocycles. The van der Waals surface area contributed by atoms with Gasteiger partial charge in [-0.2, -0.15) is 0 Å². The molecule has 1 atom stereocenters. The number of benzene rings is 2. The number of pyridine rings is 1. The molecule has 26 heavy (non-hydrogen) atoms. The molecule has 0 amide bonds. The van der Waals surface area contributed by atoms with E-state index in [4.69, 9.17) is 9.47 Å². The molecule has 5 nitrogen and oxygen atoms in total. The van der Waals surface area contributed by atoms with E-state index in [1.54, 1.807) is 48.8 Å². The van der Waals surface area contributed by atoms with Crippen LogP contribution >= 0.6 is 0 Å². The minimum atomic E-state index is -0.428. The first-order valence-corrected chi connectivity index (χ1v) is 8.36. The zero-order valence-corrected chi connectivity index (χ0v) is 14.0. The van der Waals surface area contributed by atoms with Crippen molar-refractivity contribution in [2.45, 2.75) is 12.5 Å². The Bertz CT molecular complexity index is 940. The van der Waals surface area contributed by atoms with E-state index >= 15 is 0 Å². The molecule has 3 aromatic rings. The Labute approximate surface area is 150 Å². The number of fused-ring (bicyclic) bond motifs is 1. The topological polar surface area (TPSA) is 68.7 Å². The number of aromatic nitrogens is 1. The van der Waals surface area contributed by atoms with Crippen LogP contribution in [0.5, 0.6) is 17.2 Å². The van der Waals surface area contributed by atoms with Crippen LogP contribution in [0.4, 0.5) is 0 Å². The van der Waals surface area contributed by atoms with Gasteiger partial charge in [0.1, 0.15) is 23.4 Å². The Morgan fingerprint density at radius 3 is 2.69 bits per heavy atom. The van der Waals surface area contributed by atoms with Crippen molar-refractivity contribution >= 4 is 5.78 Å². The number of phenolic OH excluding ortho intramolecular Hbond substituents is 1. The van der Waals surface area contributed by atoms with Crippen molar-refractivity contribution in [1.82, 2.24) is 4.98 Å². The SMILES string of the molecule is O=C1CCOc2cc(OC(c3ccncc3)c3cccc(O)c3)ccc21. The normalized spacial score (nSPS) is 14.2. The molecule has 0 saturated carbocycles. The lowest BCUT2D eigenvalue weighted by molar-refractivity contribution is 0.0933. The first kappa shape index (κ1) is 16.1. The Hall–Kier alpha value is -3.34. The number of carbonyl (C=O) groups is 1. The fraction of sp³-hybridized carbons (Fsp3) is 0.143. The van der Waals surface area contributed by atoms with Gasteiger partial charge in [0.2, 0.25) is 0 Å². The molecule has 2 aromatic carbocycles. The van der Waals surface area contributed by atoms with Crippen molar-refractivity contribution in [3.05, 3.63) is 83.7 Å². The summed E-state index contributed by atoms with van der Waals surface area (Å²) in [5, 5.41) is 9.84. The third kappa shape index (κ3) is 3.24. The van der Waals surface area contributed by atoms with Gasteiger partial charge in [-0.05, 0) is 42.0 Å². The number of aromatic hydroxyl groups is 1. The van der Waals surface area contributed by atoms with Crippen LogP contribution in [0.2, 0.25) is 0 Å². The summed E-state index contributed by atoms with van der Waals surface area (Å²) in [7, 11) is 0. The Morgan fingerprint density at radius 2 is 1.88 bits per heavy atom. The van der Waals surface area contributed by atoms with Crippen LogP contribution in [-0.4, -0.2) is 22.5 Å². The Kier molecular flexibility index (Phi) is 4.27. The molecule has 0 spiro atoms. The summed E-state index contributed by atoms with van der Waals surface area (Å²) in [5.41, 5.74) is 2.30. The van der Waals surface area contributed by atoms with Gasteiger partial charge in [0.25, 0.3) is 0 Å². The van der Waals surface area contributed by atoms with E-state index in [1.807, 2.05) is 18.2 Å². The molecule has 1 aliphatic rings. The number of Topliss-reactive ketones (excluding diaryl/α,β-unsaturated/α-hetero) is 1. The van der Waals surface area contributed by atoms with Crippen molar-refractivity contribution in [3.8, 4) is 17.2 Å². The molecule has 1 aliphatic heterocycles. The Morgan fingerprint density at radius 1 is 1.04 bits per heavy atom. The molecule has 0 bridgehead atoms. The molecule has 1 unspecified atom stereocenters.